The van der Waals surface area contributed by atoms with Crippen molar-refractivity contribution < 1.29 is 4.74 Å². The second kappa shape index (κ2) is 7.37. The summed E-state index contributed by atoms with van der Waals surface area (Å²) >= 11 is 1.51. The Kier molecular flexibility index (Phi) is 5.46. The first kappa shape index (κ1) is 13.3. The van der Waals surface area contributed by atoms with E-state index in [9.17, 15) is 0 Å². The Balaban J connectivity index is 1.70. The lowest BCUT2D eigenvalue weighted by molar-refractivity contribution is 0.299. The lowest BCUT2D eigenvalue weighted by Gasteiger charge is -2.03. The molecule has 0 spiro atoms. The van der Waals surface area contributed by atoms with Crippen LogP contribution in [0.1, 0.15) is 45.4 Å². The van der Waals surface area contributed by atoms with E-state index in [4.69, 9.17) is 4.74 Å². The molecule has 3 heteroatoms. The Morgan fingerprint density at radius 2 is 1.83 bits per heavy atom. The minimum atomic E-state index is 0.792. The van der Waals surface area contributed by atoms with Crippen molar-refractivity contribution in [2.24, 2.45) is 0 Å². The molecule has 0 unspecified atom stereocenters. The third-order valence-electron chi connectivity index (χ3n) is 3.08. The highest BCUT2D eigenvalue weighted by atomic mass is 32.1. The summed E-state index contributed by atoms with van der Waals surface area (Å²) in [6.07, 6.45) is 7.75. The molecule has 0 atom stereocenters. The highest BCUT2D eigenvalue weighted by Gasteiger charge is 2.05. The van der Waals surface area contributed by atoms with E-state index in [1.807, 2.05) is 12.1 Å². The van der Waals surface area contributed by atoms with Crippen LogP contribution in [0.2, 0.25) is 0 Å². The third-order valence-corrected chi connectivity index (χ3v) is 3.89. The van der Waals surface area contributed by atoms with E-state index in [2.05, 4.69) is 23.4 Å². The highest BCUT2D eigenvalue weighted by molar-refractivity contribution is 7.13. The first-order chi connectivity index (χ1) is 8.92. The molecule has 0 aliphatic heterocycles. The van der Waals surface area contributed by atoms with Crippen molar-refractivity contribution in [3.8, 4) is 5.88 Å². The first-order valence-corrected chi connectivity index (χ1v) is 7.66. The summed E-state index contributed by atoms with van der Waals surface area (Å²) in [5.74, 6) is 0.809. The summed E-state index contributed by atoms with van der Waals surface area (Å²) in [4.78, 5) is 0. The molecule has 0 fully saturated rings. The van der Waals surface area contributed by atoms with Gasteiger partial charge in [-0.15, -0.1) is 0 Å². The van der Waals surface area contributed by atoms with Gasteiger partial charge in [0.25, 0.3) is 0 Å². The maximum absolute atomic E-state index is 5.77. The van der Waals surface area contributed by atoms with Gasteiger partial charge in [0.1, 0.15) is 0 Å². The molecule has 0 saturated heterocycles. The van der Waals surface area contributed by atoms with Crippen LogP contribution in [0.25, 0.3) is 10.1 Å². The maximum Gasteiger partial charge on any atom is 0.233 e. The lowest BCUT2D eigenvalue weighted by atomic mass is 10.1. The van der Waals surface area contributed by atoms with Crippen LogP contribution in [-0.2, 0) is 0 Å². The van der Waals surface area contributed by atoms with Crippen molar-refractivity contribution in [3.05, 3.63) is 24.3 Å². The van der Waals surface area contributed by atoms with Gasteiger partial charge in [0, 0.05) is 0 Å². The minimum Gasteiger partial charge on any atom is -0.477 e. The SMILES string of the molecule is CCCCCCCCOc1nsc2ccccc12. The van der Waals surface area contributed by atoms with Crippen molar-refractivity contribution in [3.63, 3.8) is 0 Å². The van der Waals surface area contributed by atoms with Gasteiger partial charge < -0.3 is 4.74 Å². The van der Waals surface area contributed by atoms with Gasteiger partial charge in [0.05, 0.1) is 16.7 Å². The Morgan fingerprint density at radius 1 is 1.06 bits per heavy atom. The van der Waals surface area contributed by atoms with E-state index in [0.29, 0.717) is 0 Å². The number of fused-ring (bicyclic) bond motifs is 1. The van der Waals surface area contributed by atoms with Gasteiger partial charge in [-0.2, -0.15) is 4.37 Å². The molecule has 0 radical (unpaired) electrons. The molecular weight excluding hydrogens is 242 g/mol. The van der Waals surface area contributed by atoms with Crippen LogP contribution < -0.4 is 4.74 Å². The molecule has 98 valence electrons. The van der Waals surface area contributed by atoms with E-state index in [-0.39, 0.29) is 0 Å². The predicted octanol–water partition coefficient (Wildman–Crippen LogP) is 5.04. The van der Waals surface area contributed by atoms with Crippen LogP contribution >= 0.6 is 11.5 Å². The zero-order chi connectivity index (χ0) is 12.6. The molecule has 0 aliphatic rings. The molecule has 1 heterocycles. The van der Waals surface area contributed by atoms with E-state index < -0.39 is 0 Å². The van der Waals surface area contributed by atoms with Gasteiger partial charge in [-0.05, 0) is 30.1 Å². The average Bonchev–Trinajstić information content (AvgIpc) is 2.81. The normalized spacial score (nSPS) is 10.9. The zero-order valence-corrected chi connectivity index (χ0v) is 11.8. The van der Waals surface area contributed by atoms with Crippen LogP contribution in [0.15, 0.2) is 24.3 Å². The molecule has 0 amide bonds. The molecule has 0 saturated carbocycles. The monoisotopic (exact) mass is 263 g/mol. The van der Waals surface area contributed by atoms with E-state index in [1.54, 1.807) is 0 Å². The minimum absolute atomic E-state index is 0.792. The van der Waals surface area contributed by atoms with Gasteiger partial charge in [-0.25, -0.2) is 0 Å². The van der Waals surface area contributed by atoms with E-state index in [0.717, 1.165) is 24.3 Å². The van der Waals surface area contributed by atoms with E-state index >= 15 is 0 Å². The zero-order valence-electron chi connectivity index (χ0n) is 11.0. The molecule has 2 nitrogen and oxygen atoms in total. The number of hydrogen-bond acceptors (Lipinski definition) is 3. The van der Waals surface area contributed by atoms with Crippen molar-refractivity contribution in [1.29, 1.82) is 0 Å². The summed E-state index contributed by atoms with van der Waals surface area (Å²) in [7, 11) is 0. The molecule has 0 aliphatic carbocycles. The van der Waals surface area contributed by atoms with Crippen molar-refractivity contribution in [1.82, 2.24) is 4.37 Å². The molecule has 18 heavy (non-hydrogen) atoms. The van der Waals surface area contributed by atoms with Gasteiger partial charge in [0.2, 0.25) is 5.88 Å². The molecule has 2 aromatic rings. The summed E-state index contributed by atoms with van der Waals surface area (Å²) in [5, 5.41) is 1.15. The van der Waals surface area contributed by atoms with Gasteiger partial charge in [0.15, 0.2) is 0 Å². The lowest BCUT2D eigenvalue weighted by Crippen LogP contribution is -1.97. The third kappa shape index (κ3) is 3.70. The topological polar surface area (TPSA) is 22.1 Å². The van der Waals surface area contributed by atoms with Crippen LogP contribution in [0.5, 0.6) is 5.88 Å². The molecule has 1 aromatic heterocycles. The molecule has 0 N–H and O–H groups in total. The largest absolute Gasteiger partial charge is 0.477 e. The van der Waals surface area contributed by atoms with Gasteiger partial charge in [-0.3, -0.25) is 0 Å². The Hall–Kier alpha value is -1.09. The fourth-order valence-corrected chi connectivity index (χ4v) is 2.74. The van der Waals surface area contributed by atoms with Crippen LogP contribution in [0, 0.1) is 0 Å². The molecular formula is C15H21NOS. The standard InChI is InChI=1S/C15H21NOS/c1-2-3-4-5-6-9-12-17-15-13-10-7-8-11-14(13)18-16-15/h7-8,10-11H,2-6,9,12H2,1H3. The quantitative estimate of drug-likeness (QED) is 0.623. The van der Waals surface area contributed by atoms with Gasteiger partial charge >= 0.3 is 0 Å². The first-order valence-electron chi connectivity index (χ1n) is 6.89. The Labute approximate surface area is 113 Å². The summed E-state index contributed by atoms with van der Waals surface area (Å²) in [5.41, 5.74) is 0. The van der Waals surface area contributed by atoms with E-state index in [1.165, 1.54) is 48.3 Å². The molecule has 2 rings (SSSR count). The summed E-state index contributed by atoms with van der Waals surface area (Å²) < 4.78 is 11.3. The number of benzene rings is 1. The molecule has 0 bridgehead atoms. The second-order valence-electron chi connectivity index (χ2n) is 4.60. The number of unbranched alkanes of at least 4 members (excludes halogenated alkanes) is 5. The average molecular weight is 263 g/mol. The fourth-order valence-electron chi connectivity index (χ4n) is 2.02. The Morgan fingerprint density at radius 3 is 2.72 bits per heavy atom. The fraction of sp³-hybridized carbons (Fsp3) is 0.533. The predicted molar refractivity (Wildman–Crippen MR) is 78.5 cm³/mol. The number of ether oxygens (including phenoxy) is 1. The van der Waals surface area contributed by atoms with Crippen molar-refractivity contribution in [2.45, 2.75) is 45.4 Å². The summed E-state index contributed by atoms with van der Waals surface area (Å²) in [6, 6.07) is 8.24. The van der Waals surface area contributed by atoms with Crippen molar-refractivity contribution >= 4 is 21.6 Å². The van der Waals surface area contributed by atoms with Gasteiger partial charge in [-0.1, -0.05) is 51.2 Å². The second-order valence-corrected chi connectivity index (χ2v) is 5.41. The van der Waals surface area contributed by atoms with Crippen LogP contribution in [0.3, 0.4) is 0 Å². The Bertz CT molecular complexity index is 466. The smallest absolute Gasteiger partial charge is 0.233 e. The van der Waals surface area contributed by atoms with Crippen molar-refractivity contribution in [2.75, 3.05) is 6.61 Å². The number of rotatable bonds is 8. The number of aromatic nitrogens is 1. The van der Waals surface area contributed by atoms with Crippen LogP contribution in [-0.4, -0.2) is 11.0 Å². The number of nitrogens with zero attached hydrogens (tertiary/aromatic N) is 1. The van der Waals surface area contributed by atoms with Crippen LogP contribution in [0.4, 0.5) is 0 Å². The summed E-state index contributed by atoms with van der Waals surface area (Å²) in [6.45, 7) is 3.04. The number of hydrogen-bond donors (Lipinski definition) is 0. The molecule has 1 aromatic carbocycles. The maximum atomic E-state index is 5.77. The highest BCUT2D eigenvalue weighted by Crippen LogP contribution is 2.28.